The third-order valence-electron chi connectivity index (χ3n) is 5.27. The lowest BCUT2D eigenvalue weighted by atomic mass is 10.1. The molecule has 0 unspecified atom stereocenters. The van der Waals surface area contributed by atoms with Gasteiger partial charge in [0.1, 0.15) is 6.04 Å². The van der Waals surface area contributed by atoms with Crippen LogP contribution in [0.1, 0.15) is 19.8 Å². The van der Waals surface area contributed by atoms with Crippen molar-refractivity contribution in [2.24, 2.45) is 0 Å². The quantitative estimate of drug-likeness (QED) is 0.655. The molecule has 2 aliphatic rings. The highest BCUT2D eigenvalue weighted by Crippen LogP contribution is 2.26. The number of rotatable bonds is 6. The van der Waals surface area contributed by atoms with Crippen LogP contribution < -0.4 is 9.62 Å². The Labute approximate surface area is 183 Å². The van der Waals surface area contributed by atoms with Crippen molar-refractivity contribution in [3.8, 4) is 11.8 Å². The van der Waals surface area contributed by atoms with E-state index < -0.39 is 20.0 Å². The second kappa shape index (κ2) is 8.59. The molecule has 164 valence electrons. The lowest BCUT2D eigenvalue weighted by Crippen LogP contribution is -2.54. The number of anilines is 1. The van der Waals surface area contributed by atoms with E-state index in [0.29, 0.717) is 6.54 Å². The SMILES string of the molecule is CC#C[C@H]1CN(S(=O)(=O)c2ccccn2)CCN1c1ccc(S(=O)(=O)NC2CC2)cc1. The minimum Gasteiger partial charge on any atom is -0.355 e. The van der Waals surface area contributed by atoms with Crippen molar-refractivity contribution in [1.82, 2.24) is 14.0 Å². The molecule has 0 amide bonds. The van der Waals surface area contributed by atoms with E-state index in [4.69, 9.17) is 0 Å². The maximum absolute atomic E-state index is 13.0. The lowest BCUT2D eigenvalue weighted by Gasteiger charge is -2.39. The van der Waals surface area contributed by atoms with E-state index in [0.717, 1.165) is 18.5 Å². The molecule has 1 aliphatic carbocycles. The Bertz CT molecular complexity index is 1200. The molecular formula is C21H24N4O4S2. The van der Waals surface area contributed by atoms with Gasteiger partial charge in [0, 0.05) is 37.6 Å². The summed E-state index contributed by atoms with van der Waals surface area (Å²) in [6, 6.07) is 11.1. The largest absolute Gasteiger partial charge is 0.355 e. The first-order valence-corrected chi connectivity index (χ1v) is 13.0. The molecule has 1 aliphatic heterocycles. The summed E-state index contributed by atoms with van der Waals surface area (Å²) in [5.41, 5.74) is 0.799. The van der Waals surface area contributed by atoms with Gasteiger partial charge in [0.25, 0.3) is 10.0 Å². The lowest BCUT2D eigenvalue weighted by molar-refractivity contribution is 0.359. The first kappa shape index (κ1) is 21.8. The molecule has 4 rings (SSSR count). The molecule has 0 bridgehead atoms. The van der Waals surface area contributed by atoms with Crippen LogP contribution in [0.5, 0.6) is 0 Å². The van der Waals surface area contributed by atoms with E-state index >= 15 is 0 Å². The van der Waals surface area contributed by atoms with Crippen LogP contribution >= 0.6 is 0 Å². The summed E-state index contributed by atoms with van der Waals surface area (Å²) in [7, 11) is -7.23. The summed E-state index contributed by atoms with van der Waals surface area (Å²) in [4.78, 5) is 6.21. The van der Waals surface area contributed by atoms with Crippen molar-refractivity contribution in [1.29, 1.82) is 0 Å². The number of pyridine rings is 1. The van der Waals surface area contributed by atoms with Crippen LogP contribution in [0.2, 0.25) is 0 Å². The van der Waals surface area contributed by atoms with E-state index in [1.807, 2.05) is 4.90 Å². The summed E-state index contributed by atoms with van der Waals surface area (Å²) in [6.45, 7) is 2.62. The summed E-state index contributed by atoms with van der Waals surface area (Å²) in [5, 5.41) is 0.0179. The molecule has 1 saturated carbocycles. The topological polar surface area (TPSA) is 99.7 Å². The summed E-state index contributed by atoms with van der Waals surface area (Å²) in [6.07, 6.45) is 3.21. The Morgan fingerprint density at radius 2 is 1.77 bits per heavy atom. The molecule has 31 heavy (non-hydrogen) atoms. The Morgan fingerprint density at radius 1 is 1.03 bits per heavy atom. The van der Waals surface area contributed by atoms with Gasteiger partial charge in [0.2, 0.25) is 10.0 Å². The molecule has 1 saturated heterocycles. The van der Waals surface area contributed by atoms with E-state index in [1.165, 1.54) is 16.6 Å². The van der Waals surface area contributed by atoms with Gasteiger partial charge in [0.15, 0.2) is 5.03 Å². The van der Waals surface area contributed by atoms with Gasteiger partial charge in [-0.2, -0.15) is 4.31 Å². The molecule has 1 aromatic heterocycles. The van der Waals surface area contributed by atoms with Crippen molar-refractivity contribution in [2.45, 2.75) is 41.8 Å². The van der Waals surface area contributed by atoms with E-state index in [-0.39, 0.29) is 35.1 Å². The smallest absolute Gasteiger partial charge is 0.260 e. The van der Waals surface area contributed by atoms with Crippen molar-refractivity contribution in [3.63, 3.8) is 0 Å². The van der Waals surface area contributed by atoms with Crippen LogP contribution in [0.15, 0.2) is 58.6 Å². The highest BCUT2D eigenvalue weighted by molar-refractivity contribution is 7.89. The monoisotopic (exact) mass is 460 g/mol. The van der Waals surface area contributed by atoms with Crippen molar-refractivity contribution >= 4 is 25.7 Å². The molecule has 1 N–H and O–H groups in total. The summed E-state index contributed by atoms with van der Waals surface area (Å²) < 4.78 is 54.8. The first-order valence-electron chi connectivity index (χ1n) is 10.0. The molecule has 0 spiro atoms. The minimum atomic E-state index is -3.71. The summed E-state index contributed by atoms with van der Waals surface area (Å²) in [5.74, 6) is 5.96. The second-order valence-electron chi connectivity index (χ2n) is 7.52. The number of piperazine rings is 1. The number of hydrogen-bond donors (Lipinski definition) is 1. The van der Waals surface area contributed by atoms with Crippen LogP contribution in [0.4, 0.5) is 5.69 Å². The zero-order valence-electron chi connectivity index (χ0n) is 17.1. The van der Waals surface area contributed by atoms with Crippen LogP contribution in [0.25, 0.3) is 0 Å². The fraction of sp³-hybridized carbons (Fsp3) is 0.381. The van der Waals surface area contributed by atoms with E-state index in [1.54, 1.807) is 43.3 Å². The molecule has 2 aromatic rings. The third-order valence-corrected chi connectivity index (χ3v) is 8.59. The van der Waals surface area contributed by atoms with Gasteiger partial charge in [-0.15, -0.1) is 5.92 Å². The molecule has 2 fully saturated rings. The van der Waals surface area contributed by atoms with Crippen molar-refractivity contribution < 1.29 is 16.8 Å². The molecular weight excluding hydrogens is 436 g/mol. The maximum atomic E-state index is 13.0. The number of aromatic nitrogens is 1. The van der Waals surface area contributed by atoms with Crippen LogP contribution in [0.3, 0.4) is 0 Å². The number of sulfonamides is 2. The van der Waals surface area contributed by atoms with Gasteiger partial charge in [-0.25, -0.2) is 26.5 Å². The molecule has 10 heteroatoms. The fourth-order valence-corrected chi connectivity index (χ4v) is 6.19. The fourth-order valence-electron chi connectivity index (χ4n) is 3.51. The average molecular weight is 461 g/mol. The number of nitrogens with zero attached hydrogens (tertiary/aromatic N) is 3. The highest BCUT2D eigenvalue weighted by atomic mass is 32.2. The van der Waals surface area contributed by atoms with Crippen LogP contribution in [0, 0.1) is 11.8 Å². The van der Waals surface area contributed by atoms with Crippen LogP contribution in [-0.2, 0) is 20.0 Å². The normalized spacial score (nSPS) is 20.2. The number of hydrogen-bond acceptors (Lipinski definition) is 6. The molecule has 1 atom stereocenters. The van der Waals surface area contributed by atoms with Gasteiger partial charge < -0.3 is 4.90 Å². The summed E-state index contributed by atoms with van der Waals surface area (Å²) >= 11 is 0. The molecule has 8 nitrogen and oxygen atoms in total. The van der Waals surface area contributed by atoms with Gasteiger partial charge in [-0.05, 0) is 56.2 Å². The van der Waals surface area contributed by atoms with Gasteiger partial charge in [-0.3, -0.25) is 0 Å². The predicted octanol–water partition coefficient (Wildman–Crippen LogP) is 1.43. The predicted molar refractivity (Wildman–Crippen MR) is 117 cm³/mol. The Kier molecular flexibility index (Phi) is 6.03. The number of benzene rings is 1. The molecule has 0 radical (unpaired) electrons. The third kappa shape index (κ3) is 4.75. The van der Waals surface area contributed by atoms with E-state index in [2.05, 4.69) is 21.5 Å². The zero-order valence-corrected chi connectivity index (χ0v) is 18.7. The van der Waals surface area contributed by atoms with E-state index in [9.17, 15) is 16.8 Å². The standard InChI is InChI=1S/C21H24N4O4S2/c1-2-5-19-16-24(31(28,29)21-6-3-4-13-22-21)14-15-25(19)18-9-11-20(12-10-18)30(26,27)23-17-7-8-17/h3-4,6,9-13,17,19,23H,7-8,14-16H2,1H3/t19-/m0/s1. The molecule has 1 aromatic carbocycles. The Balaban J connectivity index is 1.54. The van der Waals surface area contributed by atoms with Crippen molar-refractivity contribution in [2.75, 3.05) is 24.5 Å². The van der Waals surface area contributed by atoms with Crippen molar-refractivity contribution in [3.05, 3.63) is 48.7 Å². The second-order valence-corrected chi connectivity index (χ2v) is 11.1. The zero-order chi connectivity index (χ0) is 22.1. The maximum Gasteiger partial charge on any atom is 0.260 e. The Hall–Kier alpha value is -2.45. The van der Waals surface area contributed by atoms with Crippen LogP contribution in [-0.4, -0.2) is 57.8 Å². The van der Waals surface area contributed by atoms with Gasteiger partial charge in [0.05, 0.1) is 4.90 Å². The average Bonchev–Trinajstić information content (AvgIpc) is 3.58. The number of nitrogens with one attached hydrogen (secondary N) is 1. The highest BCUT2D eigenvalue weighted by Gasteiger charge is 2.34. The first-order chi connectivity index (χ1) is 14.8. The van der Waals surface area contributed by atoms with Gasteiger partial charge >= 0.3 is 0 Å². The minimum absolute atomic E-state index is 0.0179. The Morgan fingerprint density at radius 3 is 2.39 bits per heavy atom. The molecule has 2 heterocycles. The van der Waals surface area contributed by atoms with Gasteiger partial charge in [-0.1, -0.05) is 12.0 Å².